The highest BCUT2D eigenvalue weighted by Gasteiger charge is 2.10. The number of nitrogens with zero attached hydrogens (tertiary/aromatic N) is 3. The average Bonchev–Trinajstić information content (AvgIpc) is 2.99. The summed E-state index contributed by atoms with van der Waals surface area (Å²) in [6.07, 6.45) is 1.91. The van der Waals surface area contributed by atoms with Crippen molar-refractivity contribution in [1.29, 1.82) is 0 Å². The highest BCUT2D eigenvalue weighted by molar-refractivity contribution is 7.13. The van der Waals surface area contributed by atoms with Crippen LogP contribution in [-0.4, -0.2) is 34.7 Å². The minimum absolute atomic E-state index is 0.305. The van der Waals surface area contributed by atoms with Crippen molar-refractivity contribution in [3.05, 3.63) is 23.3 Å². The number of rotatable bonds is 5. The summed E-state index contributed by atoms with van der Waals surface area (Å²) in [6.45, 7) is 0.619. The zero-order valence-corrected chi connectivity index (χ0v) is 9.86. The zero-order chi connectivity index (χ0) is 12.1. The van der Waals surface area contributed by atoms with E-state index in [1.807, 2.05) is 0 Å². The molecule has 8 heteroatoms. The van der Waals surface area contributed by atoms with Gasteiger partial charge in [0.05, 0.1) is 7.11 Å². The number of nitrogens with one attached hydrogen (secondary N) is 1. The number of aromatic nitrogens is 3. The molecular formula is C9H10N4O3S. The van der Waals surface area contributed by atoms with Crippen molar-refractivity contribution in [3.63, 3.8) is 0 Å². The second-order valence-corrected chi connectivity index (χ2v) is 3.91. The number of ether oxygens (including phenoxy) is 1. The van der Waals surface area contributed by atoms with Crippen LogP contribution in [0, 0.1) is 0 Å². The molecule has 0 bridgehead atoms. The Morgan fingerprint density at radius 3 is 3.24 bits per heavy atom. The molecule has 7 nitrogen and oxygen atoms in total. The van der Waals surface area contributed by atoms with E-state index in [1.54, 1.807) is 5.38 Å². The van der Waals surface area contributed by atoms with E-state index in [2.05, 4.69) is 29.7 Å². The van der Waals surface area contributed by atoms with E-state index in [0.29, 0.717) is 29.6 Å². The molecule has 0 aliphatic heterocycles. The summed E-state index contributed by atoms with van der Waals surface area (Å²) in [5, 5.41) is 9.04. The largest absolute Gasteiger partial charge is 0.464 e. The third kappa shape index (κ3) is 3.00. The highest BCUT2D eigenvalue weighted by Crippen LogP contribution is 2.15. The molecular weight excluding hydrogens is 244 g/mol. The van der Waals surface area contributed by atoms with Gasteiger partial charge in [0, 0.05) is 18.3 Å². The predicted molar refractivity (Wildman–Crippen MR) is 59.9 cm³/mol. The fourth-order valence-corrected chi connectivity index (χ4v) is 1.85. The molecule has 0 aromatic carbocycles. The van der Waals surface area contributed by atoms with Crippen molar-refractivity contribution >= 4 is 22.4 Å². The van der Waals surface area contributed by atoms with E-state index in [-0.39, 0.29) is 0 Å². The lowest BCUT2D eigenvalue weighted by molar-refractivity contribution is 0.0595. The Labute approximate surface area is 101 Å². The first-order chi connectivity index (χ1) is 8.29. The quantitative estimate of drug-likeness (QED) is 0.795. The first-order valence-corrected chi connectivity index (χ1v) is 5.70. The van der Waals surface area contributed by atoms with Crippen molar-refractivity contribution in [2.24, 2.45) is 0 Å². The van der Waals surface area contributed by atoms with Crippen LogP contribution in [0.2, 0.25) is 0 Å². The Balaban J connectivity index is 1.83. The third-order valence-corrected chi connectivity index (χ3v) is 2.73. The molecule has 0 atom stereocenters. The van der Waals surface area contributed by atoms with Crippen LogP contribution in [0.1, 0.15) is 16.3 Å². The number of hydrogen-bond acceptors (Lipinski definition) is 8. The topological polar surface area (TPSA) is 90.1 Å². The van der Waals surface area contributed by atoms with Crippen LogP contribution in [0.15, 0.2) is 16.3 Å². The van der Waals surface area contributed by atoms with Gasteiger partial charge in [0.15, 0.2) is 16.6 Å². The van der Waals surface area contributed by atoms with Crippen molar-refractivity contribution in [3.8, 4) is 0 Å². The van der Waals surface area contributed by atoms with Gasteiger partial charge in [0.1, 0.15) is 0 Å². The van der Waals surface area contributed by atoms with Gasteiger partial charge in [0.2, 0.25) is 6.39 Å². The maximum Gasteiger partial charge on any atom is 0.357 e. The lowest BCUT2D eigenvalue weighted by atomic mass is 10.4. The Hall–Kier alpha value is -1.96. The van der Waals surface area contributed by atoms with Gasteiger partial charge < -0.3 is 14.6 Å². The molecule has 90 valence electrons. The normalized spacial score (nSPS) is 10.2. The van der Waals surface area contributed by atoms with Crippen LogP contribution in [0.5, 0.6) is 0 Å². The van der Waals surface area contributed by atoms with Gasteiger partial charge in [-0.1, -0.05) is 5.16 Å². The zero-order valence-electron chi connectivity index (χ0n) is 9.04. The van der Waals surface area contributed by atoms with Crippen LogP contribution in [0.3, 0.4) is 0 Å². The number of anilines is 1. The van der Waals surface area contributed by atoms with Crippen molar-refractivity contribution in [1.82, 2.24) is 15.1 Å². The minimum Gasteiger partial charge on any atom is -0.464 e. The molecule has 2 heterocycles. The highest BCUT2D eigenvalue weighted by atomic mass is 32.1. The van der Waals surface area contributed by atoms with E-state index in [4.69, 9.17) is 0 Å². The average molecular weight is 254 g/mol. The Kier molecular flexibility index (Phi) is 3.66. The predicted octanol–water partition coefficient (Wildman–Crippen LogP) is 0.967. The van der Waals surface area contributed by atoms with Crippen LogP contribution in [-0.2, 0) is 11.2 Å². The molecule has 2 rings (SSSR count). The van der Waals surface area contributed by atoms with E-state index in [1.165, 1.54) is 24.8 Å². The molecule has 0 aliphatic carbocycles. The van der Waals surface area contributed by atoms with Gasteiger partial charge in [-0.2, -0.15) is 4.98 Å². The number of methoxy groups -OCH3 is 1. The second-order valence-electron chi connectivity index (χ2n) is 3.05. The molecule has 2 aromatic rings. The lowest BCUT2D eigenvalue weighted by Crippen LogP contribution is -2.06. The summed E-state index contributed by atoms with van der Waals surface area (Å²) >= 11 is 1.34. The summed E-state index contributed by atoms with van der Waals surface area (Å²) in [6, 6.07) is 0. The van der Waals surface area contributed by atoms with Gasteiger partial charge in [-0.05, 0) is 0 Å². The number of hydrogen-bond donors (Lipinski definition) is 1. The Morgan fingerprint density at radius 2 is 2.53 bits per heavy atom. The lowest BCUT2D eigenvalue weighted by Gasteiger charge is -1.98. The summed E-state index contributed by atoms with van der Waals surface area (Å²) < 4.78 is 9.16. The van der Waals surface area contributed by atoms with E-state index in [0.717, 1.165) is 0 Å². The van der Waals surface area contributed by atoms with E-state index >= 15 is 0 Å². The number of carbonyl (C=O) groups excluding carboxylic acids is 1. The standard InChI is InChI=1S/C9H10N4O3S/c1-15-8(14)6-4-17-9(12-6)10-3-2-7-11-5-16-13-7/h4-5H,2-3H2,1H3,(H,10,12). The minimum atomic E-state index is -0.438. The van der Waals surface area contributed by atoms with Gasteiger partial charge in [-0.25, -0.2) is 9.78 Å². The molecule has 0 radical (unpaired) electrons. The van der Waals surface area contributed by atoms with Crippen LogP contribution < -0.4 is 5.32 Å². The first-order valence-electron chi connectivity index (χ1n) is 4.82. The molecule has 0 saturated carbocycles. The maximum absolute atomic E-state index is 11.1. The van der Waals surface area contributed by atoms with Gasteiger partial charge >= 0.3 is 5.97 Å². The van der Waals surface area contributed by atoms with E-state index < -0.39 is 5.97 Å². The van der Waals surface area contributed by atoms with Crippen molar-refractivity contribution in [2.75, 3.05) is 19.0 Å². The summed E-state index contributed by atoms with van der Waals surface area (Å²) in [4.78, 5) is 19.1. The molecule has 0 fully saturated rings. The summed E-state index contributed by atoms with van der Waals surface area (Å²) in [5.41, 5.74) is 0.305. The molecule has 0 saturated heterocycles. The number of esters is 1. The molecule has 0 unspecified atom stereocenters. The monoisotopic (exact) mass is 254 g/mol. The summed E-state index contributed by atoms with van der Waals surface area (Å²) in [7, 11) is 1.32. The maximum atomic E-state index is 11.1. The molecule has 2 aromatic heterocycles. The fourth-order valence-electron chi connectivity index (χ4n) is 1.14. The number of thiazole rings is 1. The van der Waals surface area contributed by atoms with E-state index in [9.17, 15) is 4.79 Å². The SMILES string of the molecule is COC(=O)c1csc(NCCc2ncon2)n1. The van der Waals surface area contributed by atoms with Crippen molar-refractivity contribution < 1.29 is 14.1 Å². The molecule has 0 spiro atoms. The van der Waals surface area contributed by atoms with Crippen LogP contribution in [0.25, 0.3) is 0 Å². The molecule has 0 aliphatic rings. The molecule has 17 heavy (non-hydrogen) atoms. The summed E-state index contributed by atoms with van der Waals surface area (Å²) in [5.74, 6) is 0.190. The van der Waals surface area contributed by atoms with Crippen LogP contribution in [0.4, 0.5) is 5.13 Å². The first kappa shape index (κ1) is 11.5. The third-order valence-electron chi connectivity index (χ3n) is 1.93. The number of carbonyl (C=O) groups is 1. The van der Waals surface area contributed by atoms with Gasteiger partial charge in [0.25, 0.3) is 0 Å². The Bertz CT molecular complexity index is 482. The molecule has 0 amide bonds. The smallest absolute Gasteiger partial charge is 0.357 e. The van der Waals surface area contributed by atoms with Crippen molar-refractivity contribution in [2.45, 2.75) is 6.42 Å². The fraction of sp³-hybridized carbons (Fsp3) is 0.333. The van der Waals surface area contributed by atoms with Gasteiger partial charge in [-0.15, -0.1) is 11.3 Å². The second kappa shape index (κ2) is 5.39. The van der Waals surface area contributed by atoms with Gasteiger partial charge in [-0.3, -0.25) is 0 Å². The Morgan fingerprint density at radius 1 is 1.65 bits per heavy atom. The molecule has 1 N–H and O–H groups in total. The van der Waals surface area contributed by atoms with Crippen LogP contribution >= 0.6 is 11.3 Å².